The number of benzene rings is 1. The van der Waals surface area contributed by atoms with E-state index < -0.39 is 11.9 Å². The molecule has 0 amide bonds. The third-order valence-electron chi connectivity index (χ3n) is 3.24. The second-order valence-corrected chi connectivity index (χ2v) is 6.55. The smallest absolute Gasteiger partial charge is 0.358 e. The van der Waals surface area contributed by atoms with Crippen molar-refractivity contribution in [1.82, 2.24) is 4.98 Å². The number of hydrogen-bond donors (Lipinski definition) is 0. The number of nitrogens with zero attached hydrogens (tertiary/aromatic N) is 1. The number of carbonyl (C=O) groups is 2. The standard InChI is InChI=1S/C18H18ClNO4S/c1-3-4-11-24-15(21)10-9-14-16(18(22)23-2)20-17(25-14)12-5-7-13(19)8-6-12/h5-10H,3-4,11H2,1-2H3/b10-9+. The van der Waals surface area contributed by atoms with Gasteiger partial charge in [-0.3, -0.25) is 0 Å². The number of thiazole rings is 1. The van der Waals surface area contributed by atoms with E-state index in [-0.39, 0.29) is 5.69 Å². The van der Waals surface area contributed by atoms with E-state index >= 15 is 0 Å². The van der Waals surface area contributed by atoms with Crippen LogP contribution < -0.4 is 0 Å². The van der Waals surface area contributed by atoms with Crippen LogP contribution in [0.1, 0.15) is 35.1 Å². The van der Waals surface area contributed by atoms with Gasteiger partial charge < -0.3 is 9.47 Å². The second kappa shape index (κ2) is 9.34. The van der Waals surface area contributed by atoms with Crippen LogP contribution in [0.2, 0.25) is 5.02 Å². The molecule has 1 heterocycles. The highest BCUT2D eigenvalue weighted by molar-refractivity contribution is 7.16. The summed E-state index contributed by atoms with van der Waals surface area (Å²) in [5, 5.41) is 1.25. The maximum absolute atomic E-state index is 11.9. The molecule has 0 saturated carbocycles. The van der Waals surface area contributed by atoms with Gasteiger partial charge in [0, 0.05) is 16.7 Å². The molecule has 0 aliphatic rings. The Morgan fingerprint density at radius 2 is 2.00 bits per heavy atom. The summed E-state index contributed by atoms with van der Waals surface area (Å²) >= 11 is 7.17. The highest BCUT2D eigenvalue weighted by atomic mass is 35.5. The number of esters is 2. The summed E-state index contributed by atoms with van der Waals surface area (Å²) < 4.78 is 9.83. The Hall–Kier alpha value is -2.18. The van der Waals surface area contributed by atoms with Gasteiger partial charge >= 0.3 is 11.9 Å². The minimum Gasteiger partial charge on any atom is -0.464 e. The van der Waals surface area contributed by atoms with E-state index in [4.69, 9.17) is 21.1 Å². The van der Waals surface area contributed by atoms with Gasteiger partial charge in [0.15, 0.2) is 5.69 Å². The molecule has 2 aromatic rings. The number of hydrogen-bond acceptors (Lipinski definition) is 6. The molecule has 0 bridgehead atoms. The Morgan fingerprint density at radius 1 is 1.28 bits per heavy atom. The predicted octanol–water partition coefficient (Wildman–Crippen LogP) is 4.61. The van der Waals surface area contributed by atoms with Crippen molar-refractivity contribution in [3.63, 3.8) is 0 Å². The quantitative estimate of drug-likeness (QED) is 0.399. The lowest BCUT2D eigenvalue weighted by Crippen LogP contribution is -2.04. The van der Waals surface area contributed by atoms with Crippen LogP contribution in [-0.2, 0) is 14.3 Å². The van der Waals surface area contributed by atoms with Gasteiger partial charge in [-0.1, -0.05) is 37.1 Å². The summed E-state index contributed by atoms with van der Waals surface area (Å²) in [6.07, 6.45) is 4.58. The van der Waals surface area contributed by atoms with Crippen molar-refractivity contribution in [1.29, 1.82) is 0 Å². The van der Waals surface area contributed by atoms with Crippen molar-refractivity contribution in [3.8, 4) is 10.6 Å². The fraction of sp³-hybridized carbons (Fsp3) is 0.278. The topological polar surface area (TPSA) is 65.5 Å². The number of aromatic nitrogens is 1. The van der Waals surface area contributed by atoms with Crippen LogP contribution in [-0.4, -0.2) is 30.6 Å². The molecule has 25 heavy (non-hydrogen) atoms. The highest BCUT2D eigenvalue weighted by Crippen LogP contribution is 2.30. The van der Waals surface area contributed by atoms with Crippen molar-refractivity contribution in [2.24, 2.45) is 0 Å². The molecule has 0 fully saturated rings. The number of halogens is 1. The zero-order valence-corrected chi connectivity index (χ0v) is 15.5. The fourth-order valence-corrected chi connectivity index (χ4v) is 3.00. The molecule has 1 aromatic carbocycles. The summed E-state index contributed by atoms with van der Waals surface area (Å²) in [6.45, 7) is 2.39. The zero-order valence-electron chi connectivity index (χ0n) is 14.0. The third kappa shape index (κ3) is 5.41. The number of methoxy groups -OCH3 is 1. The Kier molecular flexibility index (Phi) is 7.16. The predicted molar refractivity (Wildman–Crippen MR) is 98.8 cm³/mol. The number of carbonyl (C=O) groups excluding carboxylic acids is 2. The molecule has 0 unspecified atom stereocenters. The van der Waals surface area contributed by atoms with Crippen LogP contribution in [0, 0.1) is 0 Å². The summed E-state index contributed by atoms with van der Waals surface area (Å²) in [5.74, 6) is -1.01. The van der Waals surface area contributed by atoms with Crippen LogP contribution in [0.15, 0.2) is 30.3 Å². The van der Waals surface area contributed by atoms with Crippen LogP contribution in [0.5, 0.6) is 0 Å². The van der Waals surface area contributed by atoms with Gasteiger partial charge in [-0.05, 0) is 24.6 Å². The number of unbranched alkanes of at least 4 members (excludes halogenated alkanes) is 1. The van der Waals surface area contributed by atoms with Gasteiger partial charge in [-0.2, -0.15) is 0 Å². The van der Waals surface area contributed by atoms with Crippen molar-refractivity contribution in [3.05, 3.63) is 45.9 Å². The van der Waals surface area contributed by atoms with Crippen molar-refractivity contribution >= 4 is 41.0 Å². The first-order valence-electron chi connectivity index (χ1n) is 7.75. The molecule has 2 rings (SSSR count). The van der Waals surface area contributed by atoms with Gasteiger partial charge in [0.05, 0.1) is 18.6 Å². The normalized spacial score (nSPS) is 10.8. The molecular formula is C18H18ClNO4S. The van der Waals surface area contributed by atoms with Gasteiger partial charge in [-0.25, -0.2) is 14.6 Å². The van der Waals surface area contributed by atoms with Gasteiger partial charge in [0.1, 0.15) is 5.01 Å². The monoisotopic (exact) mass is 379 g/mol. The van der Waals surface area contributed by atoms with E-state index in [1.165, 1.54) is 30.6 Å². The summed E-state index contributed by atoms with van der Waals surface area (Å²) in [7, 11) is 1.29. The number of ether oxygens (including phenoxy) is 2. The molecule has 7 heteroatoms. The van der Waals surface area contributed by atoms with Crippen molar-refractivity contribution in [2.45, 2.75) is 19.8 Å². The largest absolute Gasteiger partial charge is 0.464 e. The van der Waals surface area contributed by atoms with Crippen LogP contribution >= 0.6 is 22.9 Å². The molecule has 0 N–H and O–H groups in total. The molecule has 0 saturated heterocycles. The third-order valence-corrected chi connectivity index (χ3v) is 4.56. The zero-order chi connectivity index (χ0) is 18.2. The number of rotatable bonds is 7. The Labute approximate surface area is 155 Å². The van der Waals surface area contributed by atoms with E-state index in [1.54, 1.807) is 12.1 Å². The summed E-state index contributed by atoms with van der Waals surface area (Å²) in [6, 6.07) is 7.12. The molecule has 0 atom stereocenters. The van der Waals surface area contributed by atoms with Gasteiger partial charge in [0.2, 0.25) is 0 Å². The second-order valence-electron chi connectivity index (χ2n) is 5.08. The average molecular weight is 380 g/mol. The van der Waals surface area contributed by atoms with Gasteiger partial charge in [0.25, 0.3) is 0 Å². The maximum atomic E-state index is 11.9. The first kappa shape index (κ1) is 19.1. The van der Waals surface area contributed by atoms with Crippen LogP contribution in [0.3, 0.4) is 0 Å². The maximum Gasteiger partial charge on any atom is 0.358 e. The van der Waals surface area contributed by atoms with E-state index in [1.807, 2.05) is 19.1 Å². The molecule has 0 spiro atoms. The minimum atomic E-state index is -0.560. The Morgan fingerprint density at radius 3 is 2.64 bits per heavy atom. The molecule has 0 radical (unpaired) electrons. The SMILES string of the molecule is CCCCOC(=O)/C=C/c1sc(-c2ccc(Cl)cc2)nc1C(=O)OC. The Balaban J connectivity index is 2.25. The molecule has 0 aliphatic carbocycles. The van der Waals surface area contributed by atoms with Crippen LogP contribution in [0.4, 0.5) is 0 Å². The van der Waals surface area contributed by atoms with Crippen LogP contribution in [0.25, 0.3) is 16.6 Å². The van der Waals surface area contributed by atoms with Crippen molar-refractivity contribution in [2.75, 3.05) is 13.7 Å². The molecule has 132 valence electrons. The van der Waals surface area contributed by atoms with E-state index in [0.29, 0.717) is 21.5 Å². The van der Waals surface area contributed by atoms with E-state index in [2.05, 4.69) is 4.98 Å². The Bertz CT molecular complexity index is 768. The lowest BCUT2D eigenvalue weighted by molar-refractivity contribution is -0.137. The minimum absolute atomic E-state index is 0.162. The molecule has 0 aliphatic heterocycles. The highest BCUT2D eigenvalue weighted by Gasteiger charge is 2.18. The lowest BCUT2D eigenvalue weighted by atomic mass is 10.2. The summed E-state index contributed by atoms with van der Waals surface area (Å²) in [4.78, 5) is 28.5. The molecule has 1 aromatic heterocycles. The van der Waals surface area contributed by atoms with Gasteiger partial charge in [-0.15, -0.1) is 11.3 Å². The first-order chi connectivity index (χ1) is 12.0. The first-order valence-corrected chi connectivity index (χ1v) is 8.94. The van der Waals surface area contributed by atoms with Crippen molar-refractivity contribution < 1.29 is 19.1 Å². The summed E-state index contributed by atoms with van der Waals surface area (Å²) in [5.41, 5.74) is 0.986. The van der Waals surface area contributed by atoms with E-state index in [0.717, 1.165) is 18.4 Å². The molecular weight excluding hydrogens is 362 g/mol. The lowest BCUT2D eigenvalue weighted by Gasteiger charge is -1.99. The van der Waals surface area contributed by atoms with E-state index in [9.17, 15) is 9.59 Å². The average Bonchev–Trinajstić information content (AvgIpc) is 3.04. The fourth-order valence-electron chi connectivity index (χ4n) is 1.91. The molecule has 5 nitrogen and oxygen atoms in total.